The van der Waals surface area contributed by atoms with E-state index >= 15 is 0 Å². The minimum absolute atomic E-state index is 0. The summed E-state index contributed by atoms with van der Waals surface area (Å²) in [6, 6.07) is 1.98. The van der Waals surface area contributed by atoms with E-state index in [0.29, 0.717) is 5.57 Å². The smallest absolute Gasteiger partial charge is 0.857 e. The van der Waals surface area contributed by atoms with Crippen LogP contribution in [0.1, 0.15) is 17.1 Å². The SMILES string of the molecule is N#Cc1cc(/C=C/C2=C(C(=O)O)N3C(=O)[C@@H](N=C([O-])/C(=N\O)c4nc(N)sc4Cl)[C@H]3SC2)on1.[Na+]. The van der Waals surface area contributed by atoms with E-state index in [9.17, 15) is 25.0 Å². The van der Waals surface area contributed by atoms with Crippen LogP contribution in [0.25, 0.3) is 6.08 Å². The summed E-state index contributed by atoms with van der Waals surface area (Å²) in [4.78, 5) is 33.3. The molecule has 2 aliphatic heterocycles. The number of hydrogen-bond acceptors (Lipinski definition) is 13. The number of rotatable bonds is 6. The molecule has 0 radical (unpaired) electrons. The summed E-state index contributed by atoms with van der Waals surface area (Å²) in [6.45, 7) is 0. The molecule has 35 heavy (non-hydrogen) atoms. The van der Waals surface area contributed by atoms with Crippen molar-refractivity contribution >= 4 is 69.4 Å². The minimum atomic E-state index is -1.35. The van der Waals surface area contributed by atoms with Gasteiger partial charge in [-0.1, -0.05) is 39.3 Å². The number of nitriles is 1. The Morgan fingerprint density at radius 3 is 2.80 bits per heavy atom. The van der Waals surface area contributed by atoms with E-state index < -0.39 is 34.9 Å². The number of carboxylic acids is 1. The standard InChI is InChI=1S/C18H12ClN7O6S2.Na/c19-13-9(23-18(21)34-13)10(24-31)14(27)22-11-15(28)26-12(17(29)30)6(5-33-16(11)26)1-2-8-3-7(4-20)25-32-8;/h1-3,11,16,31H,5H2,(H2,21,23)(H,22,27)(H,29,30);/q;+1/p-1/b2-1+,24-10-;/t11-,16-;/m1./s1. The second kappa shape index (κ2) is 10.8. The number of thioether (sulfide) groups is 1. The predicted octanol–water partition coefficient (Wildman–Crippen LogP) is -2.48. The number of aromatic nitrogens is 2. The van der Waals surface area contributed by atoms with Gasteiger partial charge in [0.2, 0.25) is 0 Å². The topological polar surface area (TPSA) is 214 Å². The maximum Gasteiger partial charge on any atom is 1.00 e. The molecular weight excluding hydrogens is 533 g/mol. The van der Waals surface area contributed by atoms with E-state index in [1.807, 2.05) is 0 Å². The Bertz CT molecular complexity index is 1360. The average molecular weight is 544 g/mol. The first-order valence-electron chi connectivity index (χ1n) is 9.10. The Morgan fingerprint density at radius 1 is 1.49 bits per heavy atom. The van der Waals surface area contributed by atoms with Gasteiger partial charge in [-0.15, -0.1) is 11.8 Å². The van der Waals surface area contributed by atoms with Crippen LogP contribution in [0.3, 0.4) is 0 Å². The van der Waals surface area contributed by atoms with Crippen LogP contribution in [-0.2, 0) is 9.59 Å². The van der Waals surface area contributed by atoms with Crippen LogP contribution < -0.4 is 40.4 Å². The number of halogens is 1. The third kappa shape index (κ3) is 5.08. The molecule has 2 aromatic heterocycles. The van der Waals surface area contributed by atoms with Crippen LogP contribution in [0.2, 0.25) is 4.34 Å². The summed E-state index contributed by atoms with van der Waals surface area (Å²) in [6.07, 6.45) is 2.87. The zero-order chi connectivity index (χ0) is 24.6. The summed E-state index contributed by atoms with van der Waals surface area (Å²) >= 11 is 8.00. The number of β-lactam (4-membered cyclic amide) rings is 1. The van der Waals surface area contributed by atoms with Gasteiger partial charge in [0.05, 0.1) is 0 Å². The molecule has 13 nitrogen and oxygen atoms in total. The fraction of sp³-hybridized carbons (Fsp3) is 0.167. The number of thiazole rings is 1. The molecule has 174 valence electrons. The van der Waals surface area contributed by atoms with Gasteiger partial charge < -0.3 is 25.7 Å². The fourth-order valence-electron chi connectivity index (χ4n) is 3.18. The molecule has 4 N–H and O–H groups in total. The molecule has 0 bridgehead atoms. The largest absolute Gasteiger partial charge is 1.00 e. The van der Waals surface area contributed by atoms with Crippen molar-refractivity contribution in [3.05, 3.63) is 44.9 Å². The van der Waals surface area contributed by atoms with Gasteiger partial charge in [0.15, 0.2) is 22.6 Å². The number of hydrogen-bond donors (Lipinski definition) is 3. The van der Waals surface area contributed by atoms with Crippen molar-refractivity contribution < 1.29 is 59.1 Å². The van der Waals surface area contributed by atoms with Crippen molar-refractivity contribution in [1.29, 1.82) is 5.26 Å². The molecule has 0 unspecified atom stereocenters. The van der Waals surface area contributed by atoms with Crippen LogP contribution in [0.5, 0.6) is 0 Å². The molecule has 4 heterocycles. The van der Waals surface area contributed by atoms with E-state index in [1.165, 1.54) is 30.0 Å². The summed E-state index contributed by atoms with van der Waals surface area (Å²) in [5, 5.41) is 46.0. The van der Waals surface area contributed by atoms with Crippen LogP contribution in [0.4, 0.5) is 5.13 Å². The normalized spacial score (nSPS) is 20.3. The molecule has 0 spiro atoms. The molecule has 0 saturated carbocycles. The van der Waals surface area contributed by atoms with Gasteiger partial charge >= 0.3 is 35.5 Å². The second-order valence-electron chi connectivity index (χ2n) is 6.65. The molecule has 2 aliphatic rings. The fourth-order valence-corrected chi connectivity index (χ4v) is 5.41. The minimum Gasteiger partial charge on any atom is -0.857 e. The number of aliphatic imine (C=N–C) groups is 1. The molecule has 4 rings (SSSR count). The van der Waals surface area contributed by atoms with Gasteiger partial charge in [-0.3, -0.25) is 14.7 Å². The number of carbonyl (C=O) groups is 2. The monoisotopic (exact) mass is 543 g/mol. The third-order valence-electron chi connectivity index (χ3n) is 4.65. The second-order valence-corrected chi connectivity index (χ2v) is 9.39. The number of oxime groups is 1. The Labute approximate surface area is 231 Å². The first-order valence-corrected chi connectivity index (χ1v) is 11.3. The molecule has 2 aromatic rings. The number of allylic oxidation sites excluding steroid dienone is 1. The van der Waals surface area contributed by atoms with Crippen molar-refractivity contribution in [2.45, 2.75) is 11.4 Å². The molecule has 2 atom stereocenters. The number of carbonyl (C=O) groups excluding carboxylic acids is 1. The van der Waals surface area contributed by atoms with Gasteiger partial charge in [0.1, 0.15) is 32.9 Å². The van der Waals surface area contributed by atoms with E-state index in [-0.39, 0.29) is 67.6 Å². The number of aliphatic carboxylic acids is 1. The van der Waals surface area contributed by atoms with Crippen molar-refractivity contribution in [1.82, 2.24) is 15.0 Å². The van der Waals surface area contributed by atoms with Gasteiger partial charge in [0.25, 0.3) is 5.91 Å². The van der Waals surface area contributed by atoms with E-state index in [2.05, 4.69) is 20.3 Å². The Kier molecular flexibility index (Phi) is 8.26. The first-order chi connectivity index (χ1) is 16.2. The third-order valence-corrected chi connectivity index (χ3v) is 7.02. The van der Waals surface area contributed by atoms with Crippen LogP contribution >= 0.6 is 34.7 Å². The van der Waals surface area contributed by atoms with Crippen LogP contribution in [-0.4, -0.2) is 66.0 Å². The summed E-state index contributed by atoms with van der Waals surface area (Å²) in [7, 11) is 0. The van der Waals surface area contributed by atoms with Crippen LogP contribution in [0.15, 0.2) is 38.1 Å². The summed E-state index contributed by atoms with van der Waals surface area (Å²) in [5.41, 5.74) is 4.87. The Morgan fingerprint density at radius 2 is 2.23 bits per heavy atom. The van der Waals surface area contributed by atoms with Crippen molar-refractivity contribution in [2.75, 3.05) is 11.5 Å². The van der Waals surface area contributed by atoms with Gasteiger partial charge in [0, 0.05) is 17.7 Å². The number of carboxylic acid groups (broad SMARTS) is 1. The molecule has 0 aliphatic carbocycles. The zero-order valence-corrected chi connectivity index (χ0v) is 22.0. The average Bonchev–Trinajstić information content (AvgIpc) is 3.41. The maximum absolute atomic E-state index is 12.7. The Hall–Kier alpha value is -2.87. The van der Waals surface area contributed by atoms with Crippen molar-refractivity contribution in [2.24, 2.45) is 10.1 Å². The predicted molar refractivity (Wildman–Crippen MR) is 119 cm³/mol. The van der Waals surface area contributed by atoms with E-state index in [1.54, 1.807) is 6.07 Å². The number of fused-ring (bicyclic) bond motifs is 1. The van der Waals surface area contributed by atoms with E-state index in [4.69, 9.17) is 27.1 Å². The number of nitrogen functional groups attached to an aromatic ring is 1. The molecule has 1 saturated heterocycles. The summed E-state index contributed by atoms with van der Waals surface area (Å²) < 4.78 is 4.95. The van der Waals surface area contributed by atoms with Crippen molar-refractivity contribution in [3.8, 4) is 6.07 Å². The van der Waals surface area contributed by atoms with Gasteiger partial charge in [-0.05, 0) is 11.6 Å². The first kappa shape index (κ1) is 26.7. The number of nitrogens with zero attached hydrogens (tertiary/aromatic N) is 6. The van der Waals surface area contributed by atoms with Gasteiger partial charge in [-0.2, -0.15) is 5.26 Å². The molecule has 1 amide bonds. The molecule has 0 aromatic carbocycles. The van der Waals surface area contributed by atoms with Gasteiger partial charge in [-0.25, -0.2) is 9.78 Å². The Balaban J connectivity index is 0.00000342. The van der Waals surface area contributed by atoms with E-state index in [0.717, 1.165) is 16.2 Å². The molecule has 17 heteroatoms. The quantitative estimate of drug-likeness (QED) is 0.0865. The van der Waals surface area contributed by atoms with Crippen molar-refractivity contribution in [3.63, 3.8) is 0 Å². The summed E-state index contributed by atoms with van der Waals surface area (Å²) in [5.74, 6) is -2.71. The van der Waals surface area contributed by atoms with Crippen LogP contribution in [0, 0.1) is 11.3 Å². The maximum atomic E-state index is 12.7. The number of amides is 1. The molecule has 1 fully saturated rings. The molecular formula is C18H11ClN7NaO6S2. The zero-order valence-electron chi connectivity index (χ0n) is 17.6. The number of nitrogens with two attached hydrogens (primary N) is 1. The number of anilines is 1.